The summed E-state index contributed by atoms with van der Waals surface area (Å²) >= 11 is 3.36. The smallest absolute Gasteiger partial charge is 0.261 e. The second kappa shape index (κ2) is 6.05. The molecule has 1 N–H and O–H groups in total. The number of aromatic nitrogens is 3. The van der Waals surface area contributed by atoms with Crippen LogP contribution in [0.2, 0.25) is 0 Å². The van der Waals surface area contributed by atoms with Crippen molar-refractivity contribution in [3.8, 4) is 0 Å². The number of hydrogen-bond donors (Lipinski definition) is 1. The summed E-state index contributed by atoms with van der Waals surface area (Å²) in [6.45, 7) is 0.00804. The lowest BCUT2D eigenvalue weighted by atomic mass is 10.5. The van der Waals surface area contributed by atoms with E-state index in [1.54, 1.807) is 10.7 Å². The van der Waals surface area contributed by atoms with Crippen LogP contribution in [-0.2, 0) is 4.74 Å². The third-order valence-corrected chi connectivity index (χ3v) is 2.71. The van der Waals surface area contributed by atoms with Crippen molar-refractivity contribution >= 4 is 27.5 Å². The molecule has 0 radical (unpaired) electrons. The predicted molar refractivity (Wildman–Crippen MR) is 66.0 cm³/mol. The molecular weight excluding hydrogens is 310 g/mol. The van der Waals surface area contributed by atoms with E-state index in [2.05, 4.69) is 31.3 Å². The van der Waals surface area contributed by atoms with Gasteiger partial charge in [0.15, 0.2) is 5.65 Å². The molecule has 2 aromatic rings. The molecule has 2 rings (SSSR count). The zero-order chi connectivity index (χ0) is 13.0. The first-order valence-corrected chi connectivity index (χ1v) is 6.07. The van der Waals surface area contributed by atoms with Crippen molar-refractivity contribution in [2.45, 2.75) is 6.43 Å². The maximum atomic E-state index is 11.8. The van der Waals surface area contributed by atoms with Crippen molar-refractivity contribution in [3.05, 3.63) is 22.8 Å². The number of fused-ring (bicyclic) bond motifs is 1. The molecule has 0 saturated heterocycles. The summed E-state index contributed by atoms with van der Waals surface area (Å²) in [6.07, 6.45) is -0.666. The number of ether oxygens (including phenoxy) is 1. The summed E-state index contributed by atoms with van der Waals surface area (Å²) in [7, 11) is 0. The molecule has 0 spiro atoms. The number of anilines is 1. The van der Waals surface area contributed by atoms with Gasteiger partial charge in [-0.25, -0.2) is 13.3 Å². The van der Waals surface area contributed by atoms with Gasteiger partial charge in [0.2, 0.25) is 5.95 Å². The van der Waals surface area contributed by atoms with Gasteiger partial charge in [-0.1, -0.05) is 0 Å². The molecule has 8 heteroatoms. The van der Waals surface area contributed by atoms with E-state index in [1.807, 2.05) is 12.1 Å². The van der Waals surface area contributed by atoms with Gasteiger partial charge in [-0.05, 0) is 28.1 Å². The van der Waals surface area contributed by atoms with Crippen LogP contribution >= 0.6 is 15.9 Å². The fourth-order valence-electron chi connectivity index (χ4n) is 1.36. The largest absolute Gasteiger partial charge is 0.374 e. The number of pyridine rings is 1. The Morgan fingerprint density at radius 2 is 2.33 bits per heavy atom. The van der Waals surface area contributed by atoms with E-state index in [0.717, 1.165) is 4.47 Å². The molecule has 0 fully saturated rings. The van der Waals surface area contributed by atoms with Crippen LogP contribution in [0.5, 0.6) is 0 Å². The Balaban J connectivity index is 1.87. The quantitative estimate of drug-likeness (QED) is 0.829. The Hall–Kier alpha value is -1.28. The van der Waals surface area contributed by atoms with Gasteiger partial charge in [0.25, 0.3) is 6.43 Å². The van der Waals surface area contributed by atoms with Crippen LogP contribution < -0.4 is 5.32 Å². The molecule has 0 aliphatic carbocycles. The summed E-state index contributed by atoms with van der Waals surface area (Å²) in [5.41, 5.74) is 0.688. The second-order valence-electron chi connectivity index (χ2n) is 3.45. The van der Waals surface area contributed by atoms with E-state index < -0.39 is 13.0 Å². The maximum absolute atomic E-state index is 11.8. The molecule has 98 valence electrons. The Kier molecular flexibility index (Phi) is 4.43. The van der Waals surface area contributed by atoms with Gasteiger partial charge in [-0.2, -0.15) is 4.98 Å². The van der Waals surface area contributed by atoms with E-state index in [4.69, 9.17) is 4.74 Å². The van der Waals surface area contributed by atoms with Crippen LogP contribution in [0.15, 0.2) is 22.8 Å². The Morgan fingerprint density at radius 1 is 1.50 bits per heavy atom. The van der Waals surface area contributed by atoms with Crippen LogP contribution in [0, 0.1) is 0 Å². The zero-order valence-electron chi connectivity index (χ0n) is 9.31. The van der Waals surface area contributed by atoms with E-state index in [0.29, 0.717) is 18.1 Å². The molecule has 0 unspecified atom stereocenters. The highest BCUT2D eigenvalue weighted by Crippen LogP contribution is 2.16. The van der Waals surface area contributed by atoms with E-state index >= 15 is 0 Å². The summed E-state index contributed by atoms with van der Waals surface area (Å²) in [4.78, 5) is 4.24. The molecule has 0 atom stereocenters. The summed E-state index contributed by atoms with van der Waals surface area (Å²) in [5, 5.41) is 7.07. The molecule has 0 bridgehead atoms. The summed E-state index contributed by atoms with van der Waals surface area (Å²) < 4.78 is 30.8. The van der Waals surface area contributed by atoms with Crippen molar-refractivity contribution < 1.29 is 13.5 Å². The normalized spacial score (nSPS) is 11.3. The topological polar surface area (TPSA) is 51.5 Å². The second-order valence-corrected chi connectivity index (χ2v) is 4.31. The molecule has 0 amide bonds. The first-order valence-electron chi connectivity index (χ1n) is 5.27. The van der Waals surface area contributed by atoms with Crippen molar-refractivity contribution in [2.75, 3.05) is 25.1 Å². The van der Waals surface area contributed by atoms with Crippen molar-refractivity contribution in [1.82, 2.24) is 14.6 Å². The zero-order valence-corrected chi connectivity index (χ0v) is 10.9. The Bertz CT molecular complexity index is 520. The number of nitrogens with one attached hydrogen (secondary N) is 1. The number of rotatable bonds is 6. The standard InChI is InChI=1S/C10H11BrF2N4O/c11-7-2-1-4-17-9(7)15-10(16-17)14-3-5-18-6-8(12)13/h1-2,4,8H,3,5-6H2,(H,14,16). The molecular formula is C10H11BrF2N4O. The van der Waals surface area contributed by atoms with Gasteiger partial charge < -0.3 is 10.1 Å². The lowest BCUT2D eigenvalue weighted by Gasteiger charge is -2.03. The Morgan fingerprint density at radius 3 is 3.06 bits per heavy atom. The highest BCUT2D eigenvalue weighted by Gasteiger charge is 2.05. The van der Waals surface area contributed by atoms with E-state index in [-0.39, 0.29) is 6.61 Å². The minimum absolute atomic E-state index is 0.182. The monoisotopic (exact) mass is 320 g/mol. The van der Waals surface area contributed by atoms with Crippen LogP contribution in [0.4, 0.5) is 14.7 Å². The van der Waals surface area contributed by atoms with Crippen LogP contribution in [0.25, 0.3) is 5.65 Å². The van der Waals surface area contributed by atoms with Crippen molar-refractivity contribution in [1.29, 1.82) is 0 Å². The fourth-order valence-corrected chi connectivity index (χ4v) is 1.78. The molecule has 5 nitrogen and oxygen atoms in total. The fraction of sp³-hybridized carbons (Fsp3) is 0.400. The van der Waals surface area contributed by atoms with Gasteiger partial charge >= 0.3 is 0 Å². The first-order chi connectivity index (χ1) is 8.66. The number of alkyl halides is 2. The van der Waals surface area contributed by atoms with Crippen LogP contribution in [-0.4, -0.2) is 40.8 Å². The third-order valence-electron chi connectivity index (χ3n) is 2.09. The van der Waals surface area contributed by atoms with E-state index in [1.165, 1.54) is 0 Å². The molecule has 2 aromatic heterocycles. The molecule has 2 heterocycles. The van der Waals surface area contributed by atoms with Gasteiger partial charge in [0, 0.05) is 12.7 Å². The van der Waals surface area contributed by atoms with Gasteiger partial charge in [-0.3, -0.25) is 0 Å². The minimum Gasteiger partial charge on any atom is -0.374 e. The molecule has 0 aliphatic rings. The number of halogens is 3. The van der Waals surface area contributed by atoms with Crippen LogP contribution in [0.3, 0.4) is 0 Å². The number of hydrogen-bond acceptors (Lipinski definition) is 4. The SMILES string of the molecule is FC(F)COCCNc1nc2c(Br)cccn2n1. The number of nitrogens with zero attached hydrogens (tertiary/aromatic N) is 3. The lowest BCUT2D eigenvalue weighted by molar-refractivity contribution is 0.0214. The van der Waals surface area contributed by atoms with Crippen molar-refractivity contribution in [2.24, 2.45) is 0 Å². The summed E-state index contributed by atoms with van der Waals surface area (Å²) in [6, 6.07) is 3.70. The summed E-state index contributed by atoms with van der Waals surface area (Å²) in [5.74, 6) is 0.433. The van der Waals surface area contributed by atoms with Gasteiger partial charge in [0.05, 0.1) is 11.1 Å². The highest BCUT2D eigenvalue weighted by molar-refractivity contribution is 9.10. The van der Waals surface area contributed by atoms with Crippen molar-refractivity contribution in [3.63, 3.8) is 0 Å². The first kappa shape index (κ1) is 13.2. The predicted octanol–water partition coefficient (Wildman–Crippen LogP) is 2.19. The minimum atomic E-state index is -2.44. The maximum Gasteiger partial charge on any atom is 0.261 e. The molecule has 0 aromatic carbocycles. The molecule has 0 aliphatic heterocycles. The average molecular weight is 321 g/mol. The Labute approximate surface area is 110 Å². The van der Waals surface area contributed by atoms with Gasteiger partial charge in [-0.15, -0.1) is 5.10 Å². The molecule has 0 saturated carbocycles. The van der Waals surface area contributed by atoms with Crippen LogP contribution in [0.1, 0.15) is 0 Å². The average Bonchev–Trinajstić information content (AvgIpc) is 2.72. The third kappa shape index (κ3) is 3.36. The molecule has 18 heavy (non-hydrogen) atoms. The lowest BCUT2D eigenvalue weighted by Crippen LogP contribution is -2.13. The highest BCUT2D eigenvalue weighted by atomic mass is 79.9. The van der Waals surface area contributed by atoms with E-state index in [9.17, 15) is 8.78 Å². The van der Waals surface area contributed by atoms with Gasteiger partial charge in [0.1, 0.15) is 6.61 Å².